The van der Waals surface area contributed by atoms with Crippen LogP contribution in [0.3, 0.4) is 0 Å². The summed E-state index contributed by atoms with van der Waals surface area (Å²) in [6.45, 7) is 0. The van der Waals surface area contributed by atoms with E-state index in [2.05, 4.69) is 0 Å². The van der Waals surface area contributed by atoms with Crippen LogP contribution in [0.4, 0.5) is 0 Å². The van der Waals surface area contributed by atoms with Crippen LogP contribution < -0.4 is 8.92 Å². The van der Waals surface area contributed by atoms with Gasteiger partial charge in [0.2, 0.25) is 0 Å². The van der Waals surface area contributed by atoms with Crippen molar-refractivity contribution in [1.29, 1.82) is 0 Å². The van der Waals surface area contributed by atoms with Crippen LogP contribution in [0.2, 0.25) is 0 Å². The summed E-state index contributed by atoms with van der Waals surface area (Å²) >= 11 is 0. The van der Waals surface area contributed by atoms with Crippen LogP contribution in [0.5, 0.6) is 11.5 Å². The normalized spacial score (nSPS) is 13.8. The van der Waals surface area contributed by atoms with E-state index in [1.165, 1.54) is 5.56 Å². The van der Waals surface area contributed by atoms with E-state index in [0.717, 1.165) is 24.8 Å². The highest BCUT2D eigenvalue weighted by Gasteiger charge is 2.20. The third-order valence-electron chi connectivity index (χ3n) is 3.62. The predicted octanol–water partition coefficient (Wildman–Crippen LogP) is 2.95. The SMILES string of the molecule is COc1ccc(OS(=O)(=O)c2ccc3c(c2)CCC3)cc1. The van der Waals surface area contributed by atoms with Gasteiger partial charge >= 0.3 is 10.1 Å². The van der Waals surface area contributed by atoms with E-state index in [4.69, 9.17) is 8.92 Å². The molecule has 0 radical (unpaired) electrons. The van der Waals surface area contributed by atoms with E-state index in [-0.39, 0.29) is 10.6 Å². The summed E-state index contributed by atoms with van der Waals surface area (Å²) in [7, 11) is -2.24. The largest absolute Gasteiger partial charge is 0.497 e. The Morgan fingerprint density at radius 2 is 1.57 bits per heavy atom. The van der Waals surface area contributed by atoms with Gasteiger partial charge in [0.25, 0.3) is 0 Å². The molecule has 0 spiro atoms. The molecular weight excluding hydrogens is 288 g/mol. The summed E-state index contributed by atoms with van der Waals surface area (Å²) in [4.78, 5) is 0.207. The fourth-order valence-corrected chi connectivity index (χ4v) is 3.49. The Morgan fingerprint density at radius 3 is 2.29 bits per heavy atom. The van der Waals surface area contributed by atoms with Crippen LogP contribution in [-0.2, 0) is 23.0 Å². The molecular formula is C16H16O4S. The number of methoxy groups -OCH3 is 1. The first-order valence-corrected chi connectivity index (χ1v) is 8.20. The molecule has 0 bridgehead atoms. The van der Waals surface area contributed by atoms with E-state index in [0.29, 0.717) is 5.75 Å². The zero-order valence-corrected chi connectivity index (χ0v) is 12.5. The van der Waals surface area contributed by atoms with Gasteiger partial charge < -0.3 is 8.92 Å². The van der Waals surface area contributed by atoms with Gasteiger partial charge in [-0.15, -0.1) is 0 Å². The summed E-state index contributed by atoms with van der Waals surface area (Å²) in [6.07, 6.45) is 3.04. The quantitative estimate of drug-likeness (QED) is 0.815. The number of hydrogen-bond acceptors (Lipinski definition) is 4. The van der Waals surface area contributed by atoms with Crippen molar-refractivity contribution in [3.8, 4) is 11.5 Å². The van der Waals surface area contributed by atoms with E-state index in [9.17, 15) is 8.42 Å². The number of benzene rings is 2. The lowest BCUT2D eigenvalue weighted by Gasteiger charge is -2.09. The van der Waals surface area contributed by atoms with E-state index in [1.54, 1.807) is 43.5 Å². The summed E-state index contributed by atoms with van der Waals surface area (Å²) in [5.41, 5.74) is 2.34. The van der Waals surface area contributed by atoms with Crippen LogP contribution in [0.15, 0.2) is 47.4 Å². The van der Waals surface area contributed by atoms with Gasteiger partial charge in [0.05, 0.1) is 7.11 Å². The molecule has 0 fully saturated rings. The molecule has 0 atom stereocenters. The second kappa shape index (κ2) is 5.41. The van der Waals surface area contributed by atoms with E-state index in [1.807, 2.05) is 6.07 Å². The molecule has 1 aliphatic carbocycles. The zero-order valence-electron chi connectivity index (χ0n) is 11.7. The van der Waals surface area contributed by atoms with E-state index >= 15 is 0 Å². The first-order valence-electron chi connectivity index (χ1n) is 6.79. The lowest BCUT2D eigenvalue weighted by Crippen LogP contribution is -2.10. The van der Waals surface area contributed by atoms with Crippen molar-refractivity contribution in [2.75, 3.05) is 7.11 Å². The highest BCUT2D eigenvalue weighted by Crippen LogP contribution is 2.27. The molecule has 21 heavy (non-hydrogen) atoms. The second-order valence-corrected chi connectivity index (χ2v) is 6.54. The van der Waals surface area contributed by atoms with Crippen molar-refractivity contribution >= 4 is 10.1 Å². The molecule has 3 rings (SSSR count). The lowest BCUT2D eigenvalue weighted by atomic mass is 10.1. The average Bonchev–Trinajstić information content (AvgIpc) is 2.95. The summed E-state index contributed by atoms with van der Waals surface area (Å²) in [5.74, 6) is 0.925. The van der Waals surface area contributed by atoms with Gasteiger partial charge in [-0.25, -0.2) is 0 Å². The molecule has 110 valence electrons. The summed E-state index contributed by atoms with van der Waals surface area (Å²) < 4.78 is 34.8. The van der Waals surface area contributed by atoms with Crippen molar-refractivity contribution in [2.45, 2.75) is 24.2 Å². The van der Waals surface area contributed by atoms with Crippen LogP contribution in [0.25, 0.3) is 0 Å². The van der Waals surface area contributed by atoms with Gasteiger partial charge in [0.15, 0.2) is 0 Å². The van der Waals surface area contributed by atoms with Crippen molar-refractivity contribution in [3.05, 3.63) is 53.6 Å². The van der Waals surface area contributed by atoms with Crippen LogP contribution >= 0.6 is 0 Å². The zero-order chi connectivity index (χ0) is 14.9. The maximum absolute atomic E-state index is 12.3. The summed E-state index contributed by atoms with van der Waals surface area (Å²) in [6, 6.07) is 11.7. The van der Waals surface area contributed by atoms with Crippen molar-refractivity contribution in [1.82, 2.24) is 0 Å². The van der Waals surface area contributed by atoms with Crippen LogP contribution in [0, 0.1) is 0 Å². The predicted molar refractivity (Wildman–Crippen MR) is 79.3 cm³/mol. The third-order valence-corrected chi connectivity index (χ3v) is 4.87. The van der Waals surface area contributed by atoms with Gasteiger partial charge in [-0.05, 0) is 66.8 Å². The molecule has 2 aromatic rings. The number of aryl methyl sites for hydroxylation is 2. The first-order chi connectivity index (χ1) is 10.1. The van der Waals surface area contributed by atoms with Crippen LogP contribution in [-0.4, -0.2) is 15.5 Å². The molecule has 5 heteroatoms. The Kier molecular flexibility index (Phi) is 3.59. The maximum Gasteiger partial charge on any atom is 0.339 e. The van der Waals surface area contributed by atoms with Crippen molar-refractivity contribution < 1.29 is 17.3 Å². The van der Waals surface area contributed by atoms with Gasteiger partial charge in [-0.3, -0.25) is 0 Å². The van der Waals surface area contributed by atoms with Gasteiger partial charge in [-0.2, -0.15) is 8.42 Å². The van der Waals surface area contributed by atoms with Crippen molar-refractivity contribution in [2.24, 2.45) is 0 Å². The number of fused-ring (bicyclic) bond motifs is 1. The average molecular weight is 304 g/mol. The summed E-state index contributed by atoms with van der Waals surface area (Å²) in [5, 5.41) is 0. The fraction of sp³-hybridized carbons (Fsp3) is 0.250. The Labute approximate surface area is 124 Å². The molecule has 2 aromatic carbocycles. The topological polar surface area (TPSA) is 52.6 Å². The Hall–Kier alpha value is -2.01. The minimum Gasteiger partial charge on any atom is -0.497 e. The molecule has 0 saturated carbocycles. The smallest absolute Gasteiger partial charge is 0.339 e. The van der Waals surface area contributed by atoms with Gasteiger partial charge in [0, 0.05) is 0 Å². The van der Waals surface area contributed by atoms with Gasteiger partial charge in [-0.1, -0.05) is 6.07 Å². The minimum absolute atomic E-state index is 0.207. The second-order valence-electron chi connectivity index (χ2n) is 5.00. The molecule has 0 saturated heterocycles. The van der Waals surface area contributed by atoms with Crippen LogP contribution in [0.1, 0.15) is 17.5 Å². The van der Waals surface area contributed by atoms with Crippen molar-refractivity contribution in [3.63, 3.8) is 0 Å². The molecule has 0 N–H and O–H groups in total. The highest BCUT2D eigenvalue weighted by molar-refractivity contribution is 7.87. The molecule has 0 unspecified atom stereocenters. The molecule has 0 aromatic heterocycles. The number of hydrogen-bond donors (Lipinski definition) is 0. The maximum atomic E-state index is 12.3. The monoisotopic (exact) mass is 304 g/mol. The Bertz CT molecular complexity index is 748. The number of rotatable bonds is 4. The molecule has 1 aliphatic rings. The van der Waals surface area contributed by atoms with Gasteiger partial charge in [0.1, 0.15) is 16.4 Å². The Balaban J connectivity index is 1.86. The third kappa shape index (κ3) is 2.88. The molecule has 0 aliphatic heterocycles. The minimum atomic E-state index is -3.80. The Morgan fingerprint density at radius 1 is 0.905 bits per heavy atom. The molecule has 4 nitrogen and oxygen atoms in total. The first kappa shape index (κ1) is 13.9. The highest BCUT2D eigenvalue weighted by atomic mass is 32.2. The molecule has 0 amide bonds. The van der Waals surface area contributed by atoms with E-state index < -0.39 is 10.1 Å². The molecule has 0 heterocycles. The standard InChI is InChI=1S/C16H16O4S/c1-19-14-6-8-15(9-7-14)20-21(17,18)16-10-5-12-3-2-4-13(12)11-16/h5-11H,2-4H2,1H3. The lowest BCUT2D eigenvalue weighted by molar-refractivity contribution is 0.413. The number of ether oxygens (including phenoxy) is 1. The fourth-order valence-electron chi connectivity index (χ4n) is 2.51.